The number of carbonyl (C=O) groups is 3. The van der Waals surface area contributed by atoms with Gasteiger partial charge in [-0.3, -0.25) is 14.4 Å². The van der Waals surface area contributed by atoms with E-state index in [2.05, 4.69) is 0 Å². The van der Waals surface area contributed by atoms with Crippen LogP contribution in [-0.2, 0) is 23.9 Å². The average Bonchev–Trinajstić information content (AvgIpc) is 2.11. The van der Waals surface area contributed by atoms with Crippen molar-refractivity contribution < 1.29 is 23.9 Å². The molecule has 0 N–H and O–H groups in total. The summed E-state index contributed by atoms with van der Waals surface area (Å²) in [6.45, 7) is 2.94. The molecule has 0 heterocycles. The molecule has 1 fully saturated rings. The maximum atomic E-state index is 11.2. The molecular weight excluding hydrogens is 200 g/mol. The van der Waals surface area contributed by atoms with Gasteiger partial charge < -0.3 is 9.47 Å². The lowest BCUT2D eigenvalue weighted by molar-refractivity contribution is -0.156. The van der Waals surface area contributed by atoms with Crippen LogP contribution in [0.15, 0.2) is 0 Å². The summed E-state index contributed by atoms with van der Waals surface area (Å²) in [4.78, 5) is 32.3. The van der Waals surface area contributed by atoms with Crippen molar-refractivity contribution in [3.63, 3.8) is 0 Å². The zero-order chi connectivity index (χ0) is 11.4. The largest absolute Gasteiger partial charge is 0.466 e. The van der Waals surface area contributed by atoms with E-state index in [1.54, 1.807) is 0 Å². The number of esters is 2. The van der Waals surface area contributed by atoms with Crippen molar-refractivity contribution in [1.82, 2.24) is 0 Å². The third kappa shape index (κ3) is 3.34. The van der Waals surface area contributed by atoms with E-state index in [4.69, 9.17) is 9.47 Å². The molecule has 0 aromatic carbocycles. The van der Waals surface area contributed by atoms with Crippen molar-refractivity contribution in [3.05, 3.63) is 0 Å². The lowest BCUT2D eigenvalue weighted by Gasteiger charge is -2.33. The third-order valence-electron chi connectivity index (χ3n) is 2.41. The molecule has 0 bridgehead atoms. The van der Waals surface area contributed by atoms with Gasteiger partial charge in [-0.1, -0.05) is 0 Å². The van der Waals surface area contributed by atoms with Crippen LogP contribution in [0.1, 0.15) is 20.3 Å². The number of Topliss-reactive ketones (excluding diaryl/α,β-unsaturated/α-hetero) is 1. The van der Waals surface area contributed by atoms with Gasteiger partial charge in [-0.25, -0.2) is 0 Å². The lowest BCUT2D eigenvalue weighted by Crippen LogP contribution is -2.43. The third-order valence-corrected chi connectivity index (χ3v) is 2.41. The summed E-state index contributed by atoms with van der Waals surface area (Å²) in [6.07, 6.45) is 0.402. The lowest BCUT2D eigenvalue weighted by atomic mass is 9.73. The van der Waals surface area contributed by atoms with E-state index < -0.39 is 5.97 Å². The van der Waals surface area contributed by atoms with Crippen molar-refractivity contribution in [2.24, 2.45) is 11.8 Å². The highest BCUT2D eigenvalue weighted by Gasteiger charge is 2.40. The standard InChI is InChI=1S/C10H14O5/c1-6(11)14-4-8-3-10(13)9(8)5-15-7(2)12/h8-9H,3-5H2,1-2H3/t8-,9-/m0/s1. The molecule has 0 spiro atoms. The topological polar surface area (TPSA) is 69.7 Å². The summed E-state index contributed by atoms with van der Waals surface area (Å²) in [5, 5.41) is 0. The second kappa shape index (κ2) is 4.91. The molecule has 15 heavy (non-hydrogen) atoms. The van der Waals surface area contributed by atoms with Crippen molar-refractivity contribution in [3.8, 4) is 0 Å². The van der Waals surface area contributed by atoms with E-state index in [0.29, 0.717) is 6.42 Å². The Hall–Kier alpha value is -1.39. The van der Waals surface area contributed by atoms with Gasteiger partial charge in [0.2, 0.25) is 0 Å². The van der Waals surface area contributed by atoms with Crippen LogP contribution in [0, 0.1) is 11.8 Å². The van der Waals surface area contributed by atoms with E-state index in [9.17, 15) is 14.4 Å². The van der Waals surface area contributed by atoms with Crippen LogP contribution in [0.25, 0.3) is 0 Å². The molecule has 5 nitrogen and oxygen atoms in total. The van der Waals surface area contributed by atoms with Crippen LogP contribution in [0.4, 0.5) is 0 Å². The van der Waals surface area contributed by atoms with Crippen LogP contribution in [0.5, 0.6) is 0 Å². The van der Waals surface area contributed by atoms with Crippen LogP contribution in [0.3, 0.4) is 0 Å². The van der Waals surface area contributed by atoms with E-state index in [1.165, 1.54) is 13.8 Å². The zero-order valence-corrected chi connectivity index (χ0v) is 8.82. The maximum absolute atomic E-state index is 11.2. The van der Waals surface area contributed by atoms with Crippen molar-refractivity contribution >= 4 is 17.7 Å². The fraction of sp³-hybridized carbons (Fsp3) is 0.700. The smallest absolute Gasteiger partial charge is 0.302 e. The number of ketones is 1. The van der Waals surface area contributed by atoms with E-state index in [0.717, 1.165) is 0 Å². The van der Waals surface area contributed by atoms with Crippen molar-refractivity contribution in [1.29, 1.82) is 0 Å². The fourth-order valence-electron chi connectivity index (χ4n) is 1.49. The Morgan fingerprint density at radius 3 is 2.20 bits per heavy atom. The first kappa shape index (κ1) is 11.7. The van der Waals surface area contributed by atoms with Gasteiger partial charge in [0.1, 0.15) is 12.4 Å². The molecular formula is C10H14O5. The number of hydrogen-bond donors (Lipinski definition) is 0. The molecule has 2 atom stereocenters. The molecule has 0 aromatic rings. The molecule has 1 rings (SSSR count). The Kier molecular flexibility index (Phi) is 3.82. The first-order valence-corrected chi connectivity index (χ1v) is 4.80. The predicted octanol–water partition coefficient (Wildman–Crippen LogP) is 0.318. The normalized spacial score (nSPS) is 24.3. The molecule has 0 aliphatic heterocycles. The summed E-state index contributed by atoms with van der Waals surface area (Å²) in [5.41, 5.74) is 0. The fourth-order valence-corrected chi connectivity index (χ4v) is 1.49. The minimum Gasteiger partial charge on any atom is -0.466 e. The Bertz CT molecular complexity index is 284. The van der Waals surface area contributed by atoms with Crippen molar-refractivity contribution in [2.75, 3.05) is 13.2 Å². The summed E-state index contributed by atoms with van der Waals surface area (Å²) < 4.78 is 9.55. The maximum Gasteiger partial charge on any atom is 0.302 e. The second-order valence-electron chi connectivity index (χ2n) is 3.64. The van der Waals surface area contributed by atoms with Gasteiger partial charge in [0.15, 0.2) is 0 Å². The number of ether oxygens (including phenoxy) is 2. The average molecular weight is 214 g/mol. The molecule has 0 aromatic heterocycles. The Morgan fingerprint density at radius 2 is 1.73 bits per heavy atom. The summed E-state index contributed by atoms with van der Waals surface area (Å²) in [7, 11) is 0. The number of hydrogen-bond acceptors (Lipinski definition) is 5. The SMILES string of the molecule is CC(=O)OC[C@@H]1CC(=O)[C@H]1COC(C)=O. The molecule has 0 radical (unpaired) electrons. The van der Waals surface area contributed by atoms with Gasteiger partial charge >= 0.3 is 11.9 Å². The molecule has 0 saturated heterocycles. The molecule has 5 heteroatoms. The van der Waals surface area contributed by atoms with Gasteiger partial charge in [-0.2, -0.15) is 0 Å². The first-order chi connectivity index (χ1) is 7.00. The highest BCUT2D eigenvalue weighted by Crippen LogP contribution is 2.31. The van der Waals surface area contributed by atoms with Gasteiger partial charge in [0.05, 0.1) is 12.5 Å². The number of rotatable bonds is 4. The molecule has 1 saturated carbocycles. The molecule has 1 aliphatic carbocycles. The van der Waals surface area contributed by atoms with Crippen LogP contribution in [0.2, 0.25) is 0 Å². The van der Waals surface area contributed by atoms with Crippen molar-refractivity contribution in [2.45, 2.75) is 20.3 Å². The Morgan fingerprint density at radius 1 is 1.20 bits per heavy atom. The zero-order valence-electron chi connectivity index (χ0n) is 8.82. The van der Waals surface area contributed by atoms with Crippen LogP contribution >= 0.6 is 0 Å². The Balaban J connectivity index is 2.31. The molecule has 84 valence electrons. The quantitative estimate of drug-likeness (QED) is 0.630. The second-order valence-corrected chi connectivity index (χ2v) is 3.64. The van der Waals surface area contributed by atoms with Gasteiger partial charge in [-0.05, 0) is 0 Å². The van der Waals surface area contributed by atoms with Gasteiger partial charge in [0, 0.05) is 26.2 Å². The molecule has 0 amide bonds. The predicted molar refractivity (Wildman–Crippen MR) is 49.9 cm³/mol. The van der Waals surface area contributed by atoms with Gasteiger partial charge in [0.25, 0.3) is 0 Å². The summed E-state index contributed by atoms with van der Waals surface area (Å²) in [5.74, 6) is -0.996. The first-order valence-electron chi connectivity index (χ1n) is 4.80. The minimum atomic E-state index is -0.402. The summed E-state index contributed by atoms with van der Waals surface area (Å²) in [6, 6.07) is 0. The molecule has 0 unspecified atom stereocenters. The monoisotopic (exact) mass is 214 g/mol. The highest BCUT2D eigenvalue weighted by atomic mass is 16.5. The van der Waals surface area contributed by atoms with E-state index in [1.807, 2.05) is 0 Å². The highest BCUT2D eigenvalue weighted by molar-refractivity contribution is 5.87. The van der Waals surface area contributed by atoms with E-state index >= 15 is 0 Å². The van der Waals surface area contributed by atoms with Crippen LogP contribution in [-0.4, -0.2) is 30.9 Å². The van der Waals surface area contributed by atoms with Crippen LogP contribution < -0.4 is 0 Å². The van der Waals surface area contributed by atoms with Gasteiger partial charge in [-0.15, -0.1) is 0 Å². The minimum absolute atomic E-state index is 0.000694. The summed E-state index contributed by atoms with van der Waals surface area (Å²) >= 11 is 0. The van der Waals surface area contributed by atoms with E-state index in [-0.39, 0.29) is 36.8 Å². The Labute approximate surface area is 87.7 Å². The number of carbonyl (C=O) groups excluding carboxylic acids is 3. The molecule has 1 aliphatic rings.